The molecule has 2 heterocycles. The lowest BCUT2D eigenvalue weighted by Gasteiger charge is -2.22. The Kier molecular flexibility index (Phi) is 4.27. The molecule has 4 rings (SSSR count). The van der Waals surface area contributed by atoms with Crippen LogP contribution in [-0.4, -0.2) is 31.8 Å². The van der Waals surface area contributed by atoms with Gasteiger partial charge in [-0.05, 0) is 61.9 Å². The molecular weight excluding hydrogens is 382 g/mol. The van der Waals surface area contributed by atoms with Crippen LogP contribution in [0.15, 0.2) is 39.6 Å². The van der Waals surface area contributed by atoms with Crippen LogP contribution in [0.4, 0.5) is 11.4 Å². The maximum absolute atomic E-state index is 12.8. The molecule has 0 saturated carbocycles. The first-order valence-corrected chi connectivity index (χ1v) is 11.0. The average Bonchev–Trinajstić information content (AvgIpc) is 2.92. The lowest BCUT2D eigenvalue weighted by atomic mass is 10.0. The summed E-state index contributed by atoms with van der Waals surface area (Å²) in [6.07, 6.45) is 0. The largest absolute Gasteiger partial charge is 0.322 e. The molecule has 2 aromatic rings. The van der Waals surface area contributed by atoms with Crippen LogP contribution >= 0.6 is 11.8 Å². The summed E-state index contributed by atoms with van der Waals surface area (Å²) >= 11 is 1.29. The van der Waals surface area contributed by atoms with Crippen molar-refractivity contribution in [1.29, 1.82) is 0 Å². The number of benzene rings is 2. The van der Waals surface area contributed by atoms with Gasteiger partial charge in [-0.15, -0.1) is 4.40 Å². The molecule has 6 nitrogen and oxygen atoms in total. The number of nitrogens with zero attached hydrogens (tertiary/aromatic N) is 2. The molecule has 0 aromatic heterocycles. The smallest absolute Gasteiger partial charge is 0.257 e. The van der Waals surface area contributed by atoms with Crippen LogP contribution in [0.3, 0.4) is 0 Å². The van der Waals surface area contributed by atoms with Crippen LogP contribution in [0.2, 0.25) is 0 Å². The number of carbonyl (C=O) groups excluding carboxylic acids is 1. The summed E-state index contributed by atoms with van der Waals surface area (Å²) < 4.78 is 27.3. The van der Waals surface area contributed by atoms with Gasteiger partial charge in [0.2, 0.25) is 0 Å². The molecule has 2 aliphatic rings. The van der Waals surface area contributed by atoms with Crippen LogP contribution in [0.25, 0.3) is 0 Å². The Morgan fingerprint density at radius 1 is 1.15 bits per heavy atom. The Hall–Kier alpha value is -2.32. The maximum Gasteiger partial charge on any atom is 0.257 e. The molecule has 0 fully saturated rings. The fourth-order valence-electron chi connectivity index (χ4n) is 3.43. The molecule has 0 unspecified atom stereocenters. The van der Waals surface area contributed by atoms with E-state index < -0.39 is 10.0 Å². The molecular formula is C19H19N3O3S2. The highest BCUT2D eigenvalue weighted by atomic mass is 32.2. The highest BCUT2D eigenvalue weighted by Crippen LogP contribution is 2.42. The van der Waals surface area contributed by atoms with Gasteiger partial charge in [0.1, 0.15) is 0 Å². The molecule has 2 aliphatic heterocycles. The van der Waals surface area contributed by atoms with Crippen molar-refractivity contribution in [2.75, 3.05) is 22.5 Å². The number of amidine groups is 1. The second kappa shape index (κ2) is 6.38. The quantitative estimate of drug-likeness (QED) is 0.834. The number of anilines is 2. The standard InChI is InChI=1S/C19H19N3O3S2/c1-11-8-12(2)17(13(3)9-11)20-18(23)14-4-5-15-16(10-14)26-19-21-27(24,25)7-6-22(15)19/h4-5,8-10H,6-7H2,1-3H3,(H,20,23). The Labute approximate surface area is 162 Å². The van der Waals surface area contributed by atoms with E-state index in [2.05, 4.69) is 9.71 Å². The molecule has 0 spiro atoms. The van der Waals surface area contributed by atoms with Gasteiger partial charge in [0.15, 0.2) is 5.17 Å². The van der Waals surface area contributed by atoms with E-state index in [1.165, 1.54) is 11.8 Å². The Balaban J connectivity index is 1.62. The monoisotopic (exact) mass is 401 g/mol. The number of rotatable bonds is 2. The Bertz CT molecular complexity index is 1080. The highest BCUT2D eigenvalue weighted by Gasteiger charge is 2.33. The second-order valence-electron chi connectivity index (χ2n) is 6.82. The molecule has 0 aliphatic carbocycles. The van der Waals surface area contributed by atoms with Crippen molar-refractivity contribution in [3.63, 3.8) is 0 Å². The van der Waals surface area contributed by atoms with Gasteiger partial charge in [-0.3, -0.25) is 4.79 Å². The molecule has 0 atom stereocenters. The lowest BCUT2D eigenvalue weighted by Crippen LogP contribution is -2.35. The zero-order valence-corrected chi connectivity index (χ0v) is 16.9. The van der Waals surface area contributed by atoms with Gasteiger partial charge < -0.3 is 10.2 Å². The lowest BCUT2D eigenvalue weighted by molar-refractivity contribution is 0.102. The minimum absolute atomic E-state index is 0.00468. The molecule has 0 saturated heterocycles. The summed E-state index contributed by atoms with van der Waals surface area (Å²) in [6, 6.07) is 9.49. The molecule has 2 aromatic carbocycles. The van der Waals surface area contributed by atoms with E-state index in [9.17, 15) is 13.2 Å². The number of sulfonamides is 1. The normalized spacial score (nSPS) is 17.1. The van der Waals surface area contributed by atoms with E-state index >= 15 is 0 Å². The first-order chi connectivity index (χ1) is 12.7. The van der Waals surface area contributed by atoms with Crippen molar-refractivity contribution < 1.29 is 13.2 Å². The first-order valence-electron chi connectivity index (χ1n) is 8.55. The summed E-state index contributed by atoms with van der Waals surface area (Å²) in [6.45, 7) is 6.37. The van der Waals surface area contributed by atoms with Crippen molar-refractivity contribution in [1.82, 2.24) is 0 Å². The van der Waals surface area contributed by atoms with Crippen molar-refractivity contribution in [3.8, 4) is 0 Å². The van der Waals surface area contributed by atoms with E-state index in [1.54, 1.807) is 12.1 Å². The third kappa shape index (κ3) is 3.35. The molecule has 0 bridgehead atoms. The van der Waals surface area contributed by atoms with E-state index in [4.69, 9.17) is 0 Å². The number of hydrogen-bond acceptors (Lipinski definition) is 5. The molecule has 8 heteroatoms. The fraction of sp³-hybridized carbons (Fsp3) is 0.263. The fourth-order valence-corrected chi connectivity index (χ4v) is 5.73. The van der Waals surface area contributed by atoms with Gasteiger partial charge in [0.25, 0.3) is 15.9 Å². The third-order valence-corrected chi connectivity index (χ3v) is 6.96. The maximum atomic E-state index is 12.8. The van der Waals surface area contributed by atoms with Crippen LogP contribution in [0.5, 0.6) is 0 Å². The number of nitrogens with one attached hydrogen (secondary N) is 1. The second-order valence-corrected chi connectivity index (χ2v) is 9.59. The molecule has 27 heavy (non-hydrogen) atoms. The van der Waals surface area contributed by atoms with Gasteiger partial charge in [0.05, 0.1) is 11.4 Å². The van der Waals surface area contributed by atoms with Crippen molar-refractivity contribution in [2.45, 2.75) is 25.7 Å². The predicted molar refractivity (Wildman–Crippen MR) is 109 cm³/mol. The molecule has 1 N–H and O–H groups in total. The van der Waals surface area contributed by atoms with Gasteiger partial charge in [0, 0.05) is 22.7 Å². The summed E-state index contributed by atoms with van der Waals surface area (Å²) in [4.78, 5) is 15.5. The molecule has 140 valence electrons. The van der Waals surface area contributed by atoms with Crippen LogP contribution in [0.1, 0.15) is 27.0 Å². The van der Waals surface area contributed by atoms with Crippen molar-refractivity contribution in [3.05, 3.63) is 52.6 Å². The molecule has 0 radical (unpaired) electrons. The van der Waals surface area contributed by atoms with Crippen LogP contribution in [-0.2, 0) is 10.0 Å². The van der Waals surface area contributed by atoms with E-state index in [0.29, 0.717) is 17.3 Å². The number of fused-ring (bicyclic) bond motifs is 3. The topological polar surface area (TPSA) is 78.8 Å². The zero-order chi connectivity index (χ0) is 19.3. The van der Waals surface area contributed by atoms with Crippen LogP contribution < -0.4 is 10.2 Å². The Morgan fingerprint density at radius 3 is 2.56 bits per heavy atom. The van der Waals surface area contributed by atoms with Crippen molar-refractivity contribution in [2.24, 2.45) is 4.40 Å². The van der Waals surface area contributed by atoms with E-state index in [0.717, 1.165) is 33.0 Å². The number of aryl methyl sites for hydroxylation is 3. The predicted octanol–water partition coefficient (Wildman–Crippen LogP) is 3.48. The summed E-state index contributed by atoms with van der Waals surface area (Å²) in [7, 11) is -3.39. The van der Waals surface area contributed by atoms with Gasteiger partial charge in [-0.2, -0.15) is 0 Å². The van der Waals surface area contributed by atoms with Crippen molar-refractivity contribution >= 4 is 44.2 Å². The first kappa shape index (κ1) is 18.1. The van der Waals surface area contributed by atoms with Gasteiger partial charge >= 0.3 is 0 Å². The third-order valence-electron chi connectivity index (χ3n) is 4.65. The minimum atomic E-state index is -3.39. The van der Waals surface area contributed by atoms with Gasteiger partial charge in [-0.1, -0.05) is 17.7 Å². The van der Waals surface area contributed by atoms with E-state index in [1.807, 2.05) is 43.9 Å². The summed E-state index contributed by atoms with van der Waals surface area (Å²) in [5.41, 5.74) is 5.45. The molecule has 1 amide bonds. The summed E-state index contributed by atoms with van der Waals surface area (Å²) in [5.74, 6) is -0.182. The number of carbonyl (C=O) groups is 1. The van der Waals surface area contributed by atoms with Gasteiger partial charge in [-0.25, -0.2) is 8.42 Å². The average molecular weight is 402 g/mol. The number of amides is 1. The number of thioether (sulfide) groups is 1. The Morgan fingerprint density at radius 2 is 1.85 bits per heavy atom. The zero-order valence-electron chi connectivity index (χ0n) is 15.2. The number of hydrogen-bond donors (Lipinski definition) is 1. The minimum Gasteiger partial charge on any atom is -0.322 e. The highest BCUT2D eigenvalue weighted by molar-refractivity contribution is 8.15. The van der Waals surface area contributed by atoms with E-state index in [-0.39, 0.29) is 11.7 Å². The van der Waals surface area contributed by atoms with Crippen LogP contribution in [0, 0.1) is 20.8 Å². The SMILES string of the molecule is Cc1cc(C)c(NC(=O)c2ccc3c(c2)SC2=NS(=O)(=O)CCN23)c(C)c1. The summed E-state index contributed by atoms with van der Waals surface area (Å²) in [5, 5.41) is 3.46.